The third-order valence-electron chi connectivity index (χ3n) is 2.57. The van der Waals surface area contributed by atoms with Gasteiger partial charge in [0.25, 0.3) is 0 Å². The summed E-state index contributed by atoms with van der Waals surface area (Å²) < 4.78 is 19.5. The highest BCUT2D eigenvalue weighted by atomic mass is 16.5. The Labute approximate surface area is 116 Å². The largest absolute Gasteiger partial charge is 0.497 e. The molecule has 6 nitrogen and oxygen atoms in total. The molecule has 0 heterocycles. The molecule has 1 rings (SSSR count). The normalized spacial score (nSPS) is 10.7. The molecule has 0 N–H and O–H groups in total. The smallest absolute Gasteiger partial charge is 0.338 e. The molecule has 6 heteroatoms. The highest BCUT2D eigenvalue weighted by molar-refractivity contribution is 6.21. The molecule has 20 heavy (non-hydrogen) atoms. The predicted octanol–water partition coefficient (Wildman–Crippen LogP) is 1.43. The van der Waals surface area contributed by atoms with Gasteiger partial charge in [-0.3, -0.25) is 0 Å². The van der Waals surface area contributed by atoms with E-state index in [0.29, 0.717) is 17.1 Å². The van der Waals surface area contributed by atoms with Gasteiger partial charge in [-0.15, -0.1) is 0 Å². The summed E-state index contributed by atoms with van der Waals surface area (Å²) in [6, 6.07) is 4.85. The van der Waals surface area contributed by atoms with E-state index in [2.05, 4.69) is 9.47 Å². The van der Waals surface area contributed by atoms with Gasteiger partial charge in [0, 0.05) is 17.7 Å². The maximum atomic E-state index is 11.8. The minimum absolute atomic E-state index is 0.0406. The van der Waals surface area contributed by atoms with Gasteiger partial charge >= 0.3 is 11.9 Å². The van der Waals surface area contributed by atoms with E-state index >= 15 is 0 Å². The number of rotatable bonds is 5. The number of hydrogen-bond donors (Lipinski definition) is 0. The van der Waals surface area contributed by atoms with Crippen LogP contribution in [-0.2, 0) is 19.1 Å². The fourth-order valence-corrected chi connectivity index (χ4v) is 1.55. The van der Waals surface area contributed by atoms with E-state index < -0.39 is 11.9 Å². The number of carbonyl (C=O) groups excluding carboxylic acids is 2. The first-order chi connectivity index (χ1) is 9.57. The van der Waals surface area contributed by atoms with Crippen LogP contribution in [0.5, 0.6) is 11.5 Å². The fraction of sp³-hybridized carbons (Fsp3) is 0.286. The number of esters is 2. The van der Waals surface area contributed by atoms with Crippen molar-refractivity contribution in [2.24, 2.45) is 0 Å². The molecule has 0 fully saturated rings. The molecule has 0 aromatic heterocycles. The molecule has 0 aliphatic rings. The predicted molar refractivity (Wildman–Crippen MR) is 71.6 cm³/mol. The maximum absolute atomic E-state index is 11.8. The van der Waals surface area contributed by atoms with E-state index in [1.807, 2.05) is 0 Å². The van der Waals surface area contributed by atoms with E-state index in [1.54, 1.807) is 18.2 Å². The Kier molecular flexibility index (Phi) is 5.58. The fourth-order valence-electron chi connectivity index (χ4n) is 1.55. The Hall–Kier alpha value is -2.50. The Morgan fingerprint density at radius 1 is 1.00 bits per heavy atom. The van der Waals surface area contributed by atoms with Crippen molar-refractivity contribution >= 4 is 17.5 Å². The van der Waals surface area contributed by atoms with Gasteiger partial charge in [-0.2, -0.15) is 0 Å². The molecular formula is C14H16O6. The Balaban J connectivity index is 3.37. The molecule has 0 amide bonds. The summed E-state index contributed by atoms with van der Waals surface area (Å²) >= 11 is 0. The summed E-state index contributed by atoms with van der Waals surface area (Å²) in [5.41, 5.74) is 0.449. The van der Waals surface area contributed by atoms with Crippen LogP contribution in [0.15, 0.2) is 24.3 Å². The van der Waals surface area contributed by atoms with Gasteiger partial charge in [0.2, 0.25) is 0 Å². The number of ether oxygens (including phenoxy) is 4. The third kappa shape index (κ3) is 3.50. The number of benzene rings is 1. The zero-order valence-electron chi connectivity index (χ0n) is 11.8. The second-order valence-electron chi connectivity index (χ2n) is 3.64. The van der Waals surface area contributed by atoms with E-state index in [1.165, 1.54) is 28.4 Å². The molecule has 0 spiro atoms. The molecule has 0 aliphatic carbocycles. The highest BCUT2D eigenvalue weighted by Crippen LogP contribution is 2.30. The van der Waals surface area contributed by atoms with Crippen molar-refractivity contribution in [3.05, 3.63) is 29.8 Å². The van der Waals surface area contributed by atoms with Gasteiger partial charge < -0.3 is 18.9 Å². The average molecular weight is 280 g/mol. The zero-order valence-corrected chi connectivity index (χ0v) is 11.8. The lowest BCUT2D eigenvalue weighted by Crippen LogP contribution is -2.08. The molecule has 0 saturated heterocycles. The third-order valence-corrected chi connectivity index (χ3v) is 2.57. The Morgan fingerprint density at radius 2 is 1.70 bits per heavy atom. The summed E-state index contributed by atoms with van der Waals surface area (Å²) in [5.74, 6) is -0.389. The van der Waals surface area contributed by atoms with Gasteiger partial charge in [0.05, 0.1) is 34.0 Å². The minimum Gasteiger partial charge on any atom is -0.497 e. The monoisotopic (exact) mass is 280 g/mol. The van der Waals surface area contributed by atoms with Crippen LogP contribution in [0.25, 0.3) is 5.57 Å². The van der Waals surface area contributed by atoms with Gasteiger partial charge in [0.1, 0.15) is 11.5 Å². The molecule has 0 saturated carbocycles. The van der Waals surface area contributed by atoms with Crippen molar-refractivity contribution in [3.8, 4) is 11.5 Å². The van der Waals surface area contributed by atoms with Gasteiger partial charge in [-0.05, 0) is 12.1 Å². The second-order valence-corrected chi connectivity index (χ2v) is 3.64. The van der Waals surface area contributed by atoms with Crippen LogP contribution in [0.1, 0.15) is 5.56 Å². The molecule has 1 aromatic rings. The molecule has 108 valence electrons. The van der Waals surface area contributed by atoms with Crippen molar-refractivity contribution < 1.29 is 28.5 Å². The number of carbonyl (C=O) groups is 2. The van der Waals surface area contributed by atoms with Crippen LogP contribution in [0, 0.1) is 0 Å². The summed E-state index contributed by atoms with van der Waals surface area (Å²) in [5, 5.41) is 0. The Morgan fingerprint density at radius 3 is 2.20 bits per heavy atom. The molecule has 1 aromatic carbocycles. The molecule has 0 aliphatic heterocycles. The lowest BCUT2D eigenvalue weighted by Gasteiger charge is -2.12. The van der Waals surface area contributed by atoms with Crippen LogP contribution in [0.2, 0.25) is 0 Å². The van der Waals surface area contributed by atoms with Gasteiger partial charge in [0.15, 0.2) is 0 Å². The molecule has 0 radical (unpaired) electrons. The van der Waals surface area contributed by atoms with Crippen LogP contribution >= 0.6 is 0 Å². The lowest BCUT2D eigenvalue weighted by molar-refractivity contribution is -0.136. The van der Waals surface area contributed by atoms with E-state index in [-0.39, 0.29) is 5.57 Å². The molecule has 0 unspecified atom stereocenters. The van der Waals surface area contributed by atoms with Crippen molar-refractivity contribution in [2.45, 2.75) is 0 Å². The molecule has 0 atom stereocenters. The number of methoxy groups -OCH3 is 4. The summed E-state index contributed by atoms with van der Waals surface area (Å²) in [6.07, 6.45) is 1.05. The van der Waals surface area contributed by atoms with Crippen LogP contribution < -0.4 is 9.47 Å². The van der Waals surface area contributed by atoms with Crippen molar-refractivity contribution in [2.75, 3.05) is 28.4 Å². The topological polar surface area (TPSA) is 71.1 Å². The lowest BCUT2D eigenvalue weighted by atomic mass is 10.0. The van der Waals surface area contributed by atoms with E-state index in [4.69, 9.17) is 9.47 Å². The van der Waals surface area contributed by atoms with Crippen molar-refractivity contribution in [1.29, 1.82) is 0 Å². The standard InChI is InChI=1S/C14H16O6/c1-17-9-5-6-10(12(7-9)18-2)11(14(16)20-4)8-13(15)19-3/h5-8H,1-4H3/b11-8-. The van der Waals surface area contributed by atoms with Crippen LogP contribution in [0.4, 0.5) is 0 Å². The SMILES string of the molecule is COC(=O)/C=C(\C(=O)OC)c1ccc(OC)cc1OC. The summed E-state index contributed by atoms with van der Waals surface area (Å²) in [7, 11) is 5.41. The second kappa shape index (κ2) is 7.18. The van der Waals surface area contributed by atoms with Gasteiger partial charge in [-0.1, -0.05) is 0 Å². The van der Waals surface area contributed by atoms with E-state index in [9.17, 15) is 9.59 Å². The number of hydrogen-bond acceptors (Lipinski definition) is 6. The summed E-state index contributed by atoms with van der Waals surface area (Å²) in [4.78, 5) is 23.2. The average Bonchev–Trinajstić information content (AvgIpc) is 2.50. The minimum atomic E-state index is -0.668. The van der Waals surface area contributed by atoms with E-state index in [0.717, 1.165) is 6.08 Å². The van der Waals surface area contributed by atoms with Crippen molar-refractivity contribution in [3.63, 3.8) is 0 Å². The first kappa shape index (κ1) is 15.6. The van der Waals surface area contributed by atoms with Crippen molar-refractivity contribution in [1.82, 2.24) is 0 Å². The van der Waals surface area contributed by atoms with Gasteiger partial charge in [-0.25, -0.2) is 9.59 Å². The summed E-state index contributed by atoms with van der Waals surface area (Å²) in [6.45, 7) is 0. The Bertz CT molecular complexity index is 532. The maximum Gasteiger partial charge on any atom is 0.338 e. The molecule has 0 bridgehead atoms. The first-order valence-electron chi connectivity index (χ1n) is 5.67. The first-order valence-corrected chi connectivity index (χ1v) is 5.67. The van der Waals surface area contributed by atoms with Crippen LogP contribution in [-0.4, -0.2) is 40.4 Å². The zero-order chi connectivity index (χ0) is 15.1. The van der Waals surface area contributed by atoms with Crippen LogP contribution in [0.3, 0.4) is 0 Å². The quantitative estimate of drug-likeness (QED) is 0.600. The molecular weight excluding hydrogens is 264 g/mol. The highest BCUT2D eigenvalue weighted by Gasteiger charge is 2.19.